The quantitative estimate of drug-likeness (QED) is 0.692. The van der Waals surface area contributed by atoms with Crippen LogP contribution in [0.15, 0.2) is 0 Å². The molecule has 0 N–H and O–H groups in total. The maximum Gasteiger partial charge on any atom is 0.0859 e. The molecule has 17 heavy (non-hydrogen) atoms. The van der Waals surface area contributed by atoms with Gasteiger partial charge in [-0.15, -0.1) is 5.10 Å². The predicted molar refractivity (Wildman–Crippen MR) is 68.2 cm³/mol. The first-order chi connectivity index (χ1) is 8.04. The summed E-state index contributed by atoms with van der Waals surface area (Å²) in [5.74, 6) is 1.40. The van der Waals surface area contributed by atoms with Crippen LogP contribution in [-0.2, 0) is 12.8 Å². The van der Waals surface area contributed by atoms with Gasteiger partial charge in [-0.2, -0.15) is 0 Å². The highest BCUT2D eigenvalue weighted by atomic mass is 15.4. The van der Waals surface area contributed by atoms with Crippen molar-refractivity contribution in [3.63, 3.8) is 0 Å². The zero-order valence-corrected chi connectivity index (χ0v) is 11.0. The maximum absolute atomic E-state index is 6.47. The molecule has 0 amide bonds. The van der Waals surface area contributed by atoms with Gasteiger partial charge >= 0.3 is 0 Å². The molecule has 0 aromatic carbocycles. The summed E-state index contributed by atoms with van der Waals surface area (Å²) in [6.07, 6.45) is 4.36. The molecule has 3 nitrogen and oxygen atoms in total. The molecular formula is C13H20BN3. The van der Waals surface area contributed by atoms with Gasteiger partial charge in [0, 0.05) is 6.04 Å². The molecule has 1 aromatic heterocycles. The van der Waals surface area contributed by atoms with Crippen LogP contribution < -0.4 is 0 Å². The number of aromatic nitrogens is 3. The Morgan fingerprint density at radius 2 is 2.18 bits per heavy atom. The molecule has 0 aliphatic heterocycles. The fourth-order valence-electron chi connectivity index (χ4n) is 3.53. The third kappa shape index (κ3) is 1.56. The van der Waals surface area contributed by atoms with Crippen molar-refractivity contribution in [3.8, 4) is 0 Å². The molecule has 1 saturated carbocycles. The smallest absolute Gasteiger partial charge is 0.0859 e. The highest BCUT2D eigenvalue weighted by Crippen LogP contribution is 2.67. The van der Waals surface area contributed by atoms with Crippen LogP contribution in [0.5, 0.6) is 0 Å². The lowest BCUT2D eigenvalue weighted by atomic mass is 9.74. The molecule has 2 aliphatic rings. The summed E-state index contributed by atoms with van der Waals surface area (Å²) in [5.41, 5.74) is 2.53. The first kappa shape index (κ1) is 11.3. The van der Waals surface area contributed by atoms with Crippen molar-refractivity contribution in [3.05, 3.63) is 11.4 Å². The Morgan fingerprint density at radius 3 is 2.88 bits per heavy atom. The lowest BCUT2D eigenvalue weighted by Crippen LogP contribution is -2.12. The molecule has 90 valence electrons. The van der Waals surface area contributed by atoms with Gasteiger partial charge in [-0.3, -0.25) is 0 Å². The molecule has 0 bridgehead atoms. The lowest BCUT2D eigenvalue weighted by Gasteiger charge is -2.17. The van der Waals surface area contributed by atoms with E-state index in [1.807, 2.05) is 0 Å². The van der Waals surface area contributed by atoms with E-state index < -0.39 is 0 Å². The first-order valence-electron chi connectivity index (χ1n) is 6.76. The SMILES string of the molecule is [B]C12CCc3c(nnn3C(C)C)CCC1C2C. The van der Waals surface area contributed by atoms with E-state index >= 15 is 0 Å². The standard InChI is InChI=1S/C13H20BN3/c1-8(2)17-12-6-7-13(14)9(3)10(13)4-5-11(12)15-16-17/h8-10H,4-7H2,1-3H3. The van der Waals surface area contributed by atoms with E-state index in [1.165, 1.54) is 17.8 Å². The van der Waals surface area contributed by atoms with Crippen molar-refractivity contribution < 1.29 is 0 Å². The van der Waals surface area contributed by atoms with Crippen molar-refractivity contribution in [1.29, 1.82) is 0 Å². The summed E-state index contributed by atoms with van der Waals surface area (Å²) < 4.78 is 2.08. The predicted octanol–water partition coefficient (Wildman–Crippen LogP) is 2.33. The van der Waals surface area contributed by atoms with Gasteiger partial charge in [0.2, 0.25) is 0 Å². The number of hydrogen-bond donors (Lipinski definition) is 0. The van der Waals surface area contributed by atoms with Crippen LogP contribution in [0, 0.1) is 11.8 Å². The largest absolute Gasteiger partial charge is 0.247 e. The second kappa shape index (κ2) is 3.60. The summed E-state index contributed by atoms with van der Waals surface area (Å²) in [7, 11) is 6.47. The Kier molecular flexibility index (Phi) is 2.39. The van der Waals surface area contributed by atoms with Gasteiger partial charge in [0.1, 0.15) is 0 Å². The number of nitrogens with zero attached hydrogens (tertiary/aromatic N) is 3. The van der Waals surface area contributed by atoms with Gasteiger partial charge in [-0.1, -0.05) is 17.5 Å². The van der Waals surface area contributed by atoms with E-state index in [0.717, 1.165) is 19.3 Å². The molecule has 4 heteroatoms. The van der Waals surface area contributed by atoms with Crippen LogP contribution >= 0.6 is 0 Å². The van der Waals surface area contributed by atoms with Crippen molar-refractivity contribution in [2.75, 3.05) is 0 Å². The molecule has 0 spiro atoms. The summed E-state index contributed by atoms with van der Waals surface area (Å²) in [6.45, 7) is 6.62. The van der Waals surface area contributed by atoms with Crippen LogP contribution in [0.3, 0.4) is 0 Å². The zero-order valence-electron chi connectivity index (χ0n) is 11.0. The van der Waals surface area contributed by atoms with Crippen LogP contribution in [0.25, 0.3) is 0 Å². The topological polar surface area (TPSA) is 30.7 Å². The summed E-state index contributed by atoms with van der Waals surface area (Å²) in [4.78, 5) is 0. The zero-order chi connectivity index (χ0) is 12.2. The van der Waals surface area contributed by atoms with Gasteiger partial charge in [0.05, 0.1) is 19.2 Å². The van der Waals surface area contributed by atoms with E-state index in [4.69, 9.17) is 7.85 Å². The fraction of sp³-hybridized carbons (Fsp3) is 0.846. The second-order valence-corrected chi connectivity index (χ2v) is 6.07. The van der Waals surface area contributed by atoms with Crippen LogP contribution in [0.1, 0.15) is 51.0 Å². The average molecular weight is 229 g/mol. The Bertz CT molecular complexity index is 440. The first-order valence-corrected chi connectivity index (χ1v) is 6.76. The van der Waals surface area contributed by atoms with Gasteiger partial charge in [0.15, 0.2) is 0 Å². The van der Waals surface area contributed by atoms with E-state index in [2.05, 4.69) is 35.8 Å². The van der Waals surface area contributed by atoms with Crippen molar-refractivity contribution in [1.82, 2.24) is 15.0 Å². The minimum absolute atomic E-state index is 0.101. The Labute approximate surface area is 104 Å². The molecular weight excluding hydrogens is 209 g/mol. The van der Waals surface area contributed by atoms with Crippen LogP contribution in [0.4, 0.5) is 0 Å². The third-order valence-corrected chi connectivity index (χ3v) is 4.88. The van der Waals surface area contributed by atoms with Crippen molar-refractivity contribution in [2.24, 2.45) is 11.8 Å². The summed E-state index contributed by atoms with van der Waals surface area (Å²) in [6, 6.07) is 0.395. The molecule has 0 saturated heterocycles. The van der Waals surface area contributed by atoms with Crippen molar-refractivity contribution >= 4 is 7.85 Å². The molecule has 1 heterocycles. The monoisotopic (exact) mass is 229 g/mol. The molecule has 1 aromatic rings. The second-order valence-electron chi connectivity index (χ2n) is 6.07. The molecule has 3 unspecified atom stereocenters. The van der Waals surface area contributed by atoms with Gasteiger partial charge < -0.3 is 0 Å². The lowest BCUT2D eigenvalue weighted by molar-refractivity contribution is 0.483. The summed E-state index contributed by atoms with van der Waals surface area (Å²) >= 11 is 0. The number of aryl methyl sites for hydroxylation is 1. The fourth-order valence-corrected chi connectivity index (χ4v) is 3.53. The number of fused-ring (bicyclic) bond motifs is 2. The minimum atomic E-state index is 0.101. The van der Waals surface area contributed by atoms with E-state index in [1.54, 1.807) is 0 Å². The van der Waals surface area contributed by atoms with E-state index in [9.17, 15) is 0 Å². The van der Waals surface area contributed by atoms with E-state index in [-0.39, 0.29) is 5.31 Å². The molecule has 1 fully saturated rings. The minimum Gasteiger partial charge on any atom is -0.247 e. The van der Waals surface area contributed by atoms with Gasteiger partial charge in [0.25, 0.3) is 0 Å². The summed E-state index contributed by atoms with van der Waals surface area (Å²) in [5, 5.41) is 8.74. The number of hydrogen-bond acceptors (Lipinski definition) is 2. The maximum atomic E-state index is 6.47. The molecule has 3 rings (SSSR count). The number of rotatable bonds is 1. The molecule has 3 atom stereocenters. The van der Waals surface area contributed by atoms with Crippen LogP contribution in [0.2, 0.25) is 5.31 Å². The Balaban J connectivity index is 1.89. The van der Waals surface area contributed by atoms with Gasteiger partial charge in [-0.05, 0) is 51.4 Å². The Hall–Kier alpha value is -0.795. The normalized spacial score (nSPS) is 36.0. The molecule has 2 radical (unpaired) electrons. The highest BCUT2D eigenvalue weighted by Gasteiger charge is 2.56. The van der Waals surface area contributed by atoms with Gasteiger partial charge in [-0.25, -0.2) is 4.68 Å². The highest BCUT2D eigenvalue weighted by molar-refractivity contribution is 6.18. The Morgan fingerprint density at radius 1 is 1.41 bits per heavy atom. The third-order valence-electron chi connectivity index (χ3n) is 4.88. The van der Waals surface area contributed by atoms with Crippen molar-refractivity contribution in [2.45, 2.75) is 57.8 Å². The molecule has 2 aliphatic carbocycles. The average Bonchev–Trinajstić information content (AvgIpc) is 2.62. The van der Waals surface area contributed by atoms with Crippen LogP contribution in [-0.4, -0.2) is 22.8 Å². The van der Waals surface area contributed by atoms with E-state index in [0.29, 0.717) is 17.9 Å².